The summed E-state index contributed by atoms with van der Waals surface area (Å²) in [4.78, 5) is 38.6. The zero-order valence-electron chi connectivity index (χ0n) is 14.5. The average Bonchev–Trinajstić information content (AvgIpc) is 2.84. The number of Topliss-reactive ketones (excluding diaryl/α,β-unsaturated/α-hetero) is 1. The monoisotopic (exact) mass is 344 g/mol. The maximum atomic E-state index is 12.4. The van der Waals surface area contributed by atoms with Gasteiger partial charge in [-0.15, -0.1) is 0 Å². The number of hydrogen-bond donors (Lipinski definition) is 3. The molecule has 0 radical (unpaired) electrons. The molecule has 1 amide bonds. The van der Waals surface area contributed by atoms with E-state index in [1.807, 2.05) is 0 Å². The van der Waals surface area contributed by atoms with E-state index in [2.05, 4.69) is 10.3 Å². The van der Waals surface area contributed by atoms with Crippen LogP contribution in [-0.4, -0.2) is 34.4 Å². The van der Waals surface area contributed by atoms with Crippen LogP contribution in [0.3, 0.4) is 0 Å². The smallest absolute Gasteiger partial charge is 0.338 e. The van der Waals surface area contributed by atoms with Crippen LogP contribution in [0.5, 0.6) is 5.75 Å². The highest BCUT2D eigenvalue weighted by molar-refractivity contribution is 6.08. The standard InChI is InChI=1S/C18H20N2O5/c1-5-25-18(24)12-6-7-13(14(22)8-12)20-17(23)16-9(2)15(11(4)21)10(3)19-16/h6-8,19,22H,5H2,1-4H3,(H,20,23). The Morgan fingerprint density at radius 3 is 2.44 bits per heavy atom. The van der Waals surface area contributed by atoms with Crippen molar-refractivity contribution in [1.82, 2.24) is 4.98 Å². The molecule has 7 nitrogen and oxygen atoms in total. The van der Waals surface area contributed by atoms with Crippen molar-refractivity contribution in [2.75, 3.05) is 11.9 Å². The van der Waals surface area contributed by atoms with Gasteiger partial charge in [0.25, 0.3) is 5.91 Å². The second-order valence-corrected chi connectivity index (χ2v) is 5.59. The summed E-state index contributed by atoms with van der Waals surface area (Å²) in [5, 5.41) is 12.6. The van der Waals surface area contributed by atoms with Gasteiger partial charge in [-0.3, -0.25) is 9.59 Å². The number of ketones is 1. The number of aromatic amines is 1. The van der Waals surface area contributed by atoms with E-state index in [1.54, 1.807) is 20.8 Å². The first-order chi connectivity index (χ1) is 11.8. The van der Waals surface area contributed by atoms with E-state index < -0.39 is 11.9 Å². The van der Waals surface area contributed by atoms with Crippen molar-refractivity contribution < 1.29 is 24.2 Å². The summed E-state index contributed by atoms with van der Waals surface area (Å²) in [5.74, 6) is -1.44. The number of anilines is 1. The minimum Gasteiger partial charge on any atom is -0.506 e. The lowest BCUT2D eigenvalue weighted by molar-refractivity contribution is 0.0525. The van der Waals surface area contributed by atoms with Gasteiger partial charge in [0, 0.05) is 11.3 Å². The number of phenolic OH excluding ortho intramolecular Hbond substituents is 1. The predicted molar refractivity (Wildman–Crippen MR) is 92.3 cm³/mol. The van der Waals surface area contributed by atoms with E-state index in [1.165, 1.54) is 25.1 Å². The number of carbonyl (C=O) groups excluding carboxylic acids is 3. The number of benzene rings is 1. The molecule has 0 atom stereocenters. The van der Waals surface area contributed by atoms with Crippen LogP contribution in [0, 0.1) is 13.8 Å². The number of amides is 1. The van der Waals surface area contributed by atoms with Gasteiger partial charge in [0.1, 0.15) is 11.4 Å². The molecule has 0 spiro atoms. The number of aromatic hydroxyl groups is 1. The van der Waals surface area contributed by atoms with E-state index in [0.717, 1.165) is 0 Å². The fourth-order valence-electron chi connectivity index (χ4n) is 2.67. The minimum absolute atomic E-state index is 0.132. The van der Waals surface area contributed by atoms with Gasteiger partial charge in [-0.2, -0.15) is 0 Å². The summed E-state index contributed by atoms with van der Waals surface area (Å²) in [6, 6.07) is 4.08. The molecule has 0 saturated carbocycles. The van der Waals surface area contributed by atoms with Crippen molar-refractivity contribution >= 4 is 23.3 Å². The summed E-state index contributed by atoms with van der Waals surface area (Å²) in [5.41, 5.74) is 2.21. The summed E-state index contributed by atoms with van der Waals surface area (Å²) < 4.78 is 4.85. The molecular formula is C18H20N2O5. The summed E-state index contributed by atoms with van der Waals surface area (Å²) in [7, 11) is 0. The first-order valence-corrected chi connectivity index (χ1v) is 7.77. The van der Waals surface area contributed by atoms with Gasteiger partial charge in [0.15, 0.2) is 5.78 Å². The van der Waals surface area contributed by atoms with E-state index in [0.29, 0.717) is 16.8 Å². The van der Waals surface area contributed by atoms with Gasteiger partial charge < -0.3 is 20.1 Å². The van der Waals surface area contributed by atoms with Gasteiger partial charge in [0.2, 0.25) is 0 Å². The lowest BCUT2D eigenvalue weighted by atomic mass is 10.1. The Bertz CT molecular complexity index is 851. The number of phenols is 1. The van der Waals surface area contributed by atoms with Crippen LogP contribution in [-0.2, 0) is 4.74 Å². The highest BCUT2D eigenvalue weighted by Crippen LogP contribution is 2.26. The molecule has 0 aliphatic rings. The van der Waals surface area contributed by atoms with Crippen molar-refractivity contribution in [2.45, 2.75) is 27.7 Å². The zero-order chi connectivity index (χ0) is 18.7. The normalized spacial score (nSPS) is 10.4. The molecule has 0 saturated heterocycles. The average molecular weight is 344 g/mol. The first-order valence-electron chi connectivity index (χ1n) is 7.77. The molecule has 1 aromatic heterocycles. The number of carbonyl (C=O) groups is 3. The summed E-state index contributed by atoms with van der Waals surface area (Å²) >= 11 is 0. The lowest BCUT2D eigenvalue weighted by Crippen LogP contribution is -2.14. The van der Waals surface area contributed by atoms with E-state index >= 15 is 0 Å². The molecular weight excluding hydrogens is 324 g/mol. The molecule has 7 heteroatoms. The molecule has 25 heavy (non-hydrogen) atoms. The molecule has 0 aliphatic carbocycles. The van der Waals surface area contributed by atoms with Crippen LogP contribution in [0.15, 0.2) is 18.2 Å². The molecule has 0 unspecified atom stereocenters. The predicted octanol–water partition coefficient (Wildman–Crippen LogP) is 2.97. The van der Waals surface area contributed by atoms with Crippen LogP contribution >= 0.6 is 0 Å². The Morgan fingerprint density at radius 2 is 1.92 bits per heavy atom. The third kappa shape index (κ3) is 3.71. The molecule has 0 fully saturated rings. The van der Waals surface area contributed by atoms with Crippen LogP contribution in [0.25, 0.3) is 0 Å². The quantitative estimate of drug-likeness (QED) is 0.439. The number of hydrogen-bond acceptors (Lipinski definition) is 5. The van der Waals surface area contributed by atoms with Gasteiger partial charge >= 0.3 is 5.97 Å². The number of aryl methyl sites for hydroxylation is 1. The second kappa shape index (κ2) is 7.21. The zero-order valence-corrected chi connectivity index (χ0v) is 14.5. The maximum Gasteiger partial charge on any atom is 0.338 e. The Morgan fingerprint density at radius 1 is 1.24 bits per heavy atom. The molecule has 0 aliphatic heterocycles. The summed E-state index contributed by atoms with van der Waals surface area (Å²) in [6.07, 6.45) is 0. The fourth-order valence-corrected chi connectivity index (χ4v) is 2.67. The first kappa shape index (κ1) is 18.3. The SMILES string of the molecule is CCOC(=O)c1ccc(NC(=O)c2[nH]c(C)c(C(C)=O)c2C)c(O)c1. The maximum absolute atomic E-state index is 12.4. The number of aromatic nitrogens is 1. The largest absolute Gasteiger partial charge is 0.506 e. The number of H-pyrrole nitrogens is 1. The van der Waals surface area contributed by atoms with Gasteiger partial charge in [-0.1, -0.05) is 0 Å². The van der Waals surface area contributed by atoms with Crippen LogP contribution in [0.1, 0.15) is 56.3 Å². The Balaban J connectivity index is 2.26. The number of esters is 1. The third-order valence-corrected chi connectivity index (χ3v) is 3.77. The lowest BCUT2D eigenvalue weighted by Gasteiger charge is -2.09. The van der Waals surface area contributed by atoms with Crippen LogP contribution in [0.2, 0.25) is 0 Å². The molecule has 1 heterocycles. The molecule has 0 bridgehead atoms. The number of rotatable bonds is 5. The topological polar surface area (TPSA) is 108 Å². The van der Waals surface area contributed by atoms with Crippen molar-refractivity contribution in [3.63, 3.8) is 0 Å². The summed E-state index contributed by atoms with van der Waals surface area (Å²) in [6.45, 7) is 6.74. The molecule has 2 rings (SSSR count). The van der Waals surface area contributed by atoms with Crippen molar-refractivity contribution in [1.29, 1.82) is 0 Å². The van der Waals surface area contributed by atoms with Gasteiger partial charge in [-0.05, 0) is 51.5 Å². The number of nitrogens with one attached hydrogen (secondary N) is 2. The van der Waals surface area contributed by atoms with E-state index in [-0.39, 0.29) is 35.1 Å². The molecule has 2 aromatic rings. The van der Waals surface area contributed by atoms with E-state index in [4.69, 9.17) is 4.74 Å². The van der Waals surface area contributed by atoms with Crippen molar-refractivity contribution in [3.8, 4) is 5.75 Å². The van der Waals surface area contributed by atoms with Crippen molar-refractivity contribution in [3.05, 3.63) is 46.3 Å². The number of ether oxygens (including phenoxy) is 1. The molecule has 132 valence electrons. The Hall–Kier alpha value is -3.09. The Labute approximate surface area is 145 Å². The van der Waals surface area contributed by atoms with Crippen molar-refractivity contribution in [2.24, 2.45) is 0 Å². The van der Waals surface area contributed by atoms with Crippen LogP contribution < -0.4 is 5.32 Å². The minimum atomic E-state index is -0.558. The van der Waals surface area contributed by atoms with Gasteiger partial charge in [0.05, 0.1) is 17.9 Å². The van der Waals surface area contributed by atoms with Gasteiger partial charge in [-0.25, -0.2) is 4.79 Å². The molecule has 3 N–H and O–H groups in total. The second-order valence-electron chi connectivity index (χ2n) is 5.59. The van der Waals surface area contributed by atoms with Crippen LogP contribution in [0.4, 0.5) is 5.69 Å². The fraction of sp³-hybridized carbons (Fsp3) is 0.278. The highest BCUT2D eigenvalue weighted by Gasteiger charge is 2.21. The Kier molecular flexibility index (Phi) is 5.26. The molecule has 1 aromatic carbocycles. The van der Waals surface area contributed by atoms with E-state index in [9.17, 15) is 19.5 Å². The highest BCUT2D eigenvalue weighted by atomic mass is 16.5. The third-order valence-electron chi connectivity index (χ3n) is 3.77.